The van der Waals surface area contributed by atoms with Crippen molar-refractivity contribution in [1.82, 2.24) is 5.16 Å². The van der Waals surface area contributed by atoms with Crippen LogP contribution in [0.25, 0.3) is 0 Å². The highest BCUT2D eigenvalue weighted by molar-refractivity contribution is 8.00. The van der Waals surface area contributed by atoms with E-state index < -0.39 is 12.1 Å². The molecule has 0 spiro atoms. The molecule has 0 aliphatic heterocycles. The molecule has 0 bridgehead atoms. The molecule has 21 heavy (non-hydrogen) atoms. The smallest absolute Gasteiger partial charge is 0.316 e. The van der Waals surface area contributed by atoms with Gasteiger partial charge in [-0.2, -0.15) is 0 Å². The van der Waals surface area contributed by atoms with Crippen LogP contribution in [0.4, 0.5) is 5.82 Å². The van der Waals surface area contributed by atoms with Gasteiger partial charge in [0.2, 0.25) is 5.91 Å². The fraction of sp³-hybridized carbons (Fsp3) is 0.538. The Morgan fingerprint density at radius 3 is 2.95 bits per heavy atom. The summed E-state index contributed by atoms with van der Waals surface area (Å²) in [6.07, 6.45) is 1.25. The fourth-order valence-electron chi connectivity index (χ4n) is 1.93. The second-order valence-corrected chi connectivity index (χ2v) is 5.69. The van der Waals surface area contributed by atoms with Gasteiger partial charge in [-0.05, 0) is 19.8 Å². The largest absolute Gasteiger partial charge is 0.454 e. The molecule has 0 radical (unpaired) electrons. The second-order valence-electron chi connectivity index (χ2n) is 4.70. The molecular weight excluding hydrogens is 296 g/mol. The van der Waals surface area contributed by atoms with Crippen molar-refractivity contribution in [1.29, 1.82) is 0 Å². The average Bonchev–Trinajstić information content (AvgIpc) is 2.99. The molecule has 1 N–H and O–H groups in total. The van der Waals surface area contributed by atoms with Gasteiger partial charge in [-0.3, -0.25) is 14.4 Å². The van der Waals surface area contributed by atoms with E-state index in [0.29, 0.717) is 24.4 Å². The highest BCUT2D eigenvalue weighted by atomic mass is 32.2. The number of hydrogen-bond donors (Lipinski definition) is 1. The van der Waals surface area contributed by atoms with Crippen LogP contribution in [0.3, 0.4) is 0 Å². The number of aromatic nitrogens is 1. The average molecular weight is 312 g/mol. The van der Waals surface area contributed by atoms with Crippen LogP contribution in [-0.4, -0.2) is 40.4 Å². The molecule has 0 unspecified atom stereocenters. The predicted molar refractivity (Wildman–Crippen MR) is 75.9 cm³/mol. The lowest BCUT2D eigenvalue weighted by Gasteiger charge is -2.09. The SMILES string of the molecule is Cc1cc(NC(=O)CSCC(=O)O[C@H]2CCCC2=O)no1. The van der Waals surface area contributed by atoms with Gasteiger partial charge in [0.15, 0.2) is 17.7 Å². The van der Waals surface area contributed by atoms with Crippen LogP contribution in [0.2, 0.25) is 0 Å². The van der Waals surface area contributed by atoms with Crippen molar-refractivity contribution >= 4 is 35.2 Å². The first-order valence-corrected chi connectivity index (χ1v) is 7.73. The summed E-state index contributed by atoms with van der Waals surface area (Å²) in [5.74, 6) is 0.310. The molecule has 1 aromatic heterocycles. The summed E-state index contributed by atoms with van der Waals surface area (Å²) in [5, 5.41) is 6.18. The number of anilines is 1. The van der Waals surface area contributed by atoms with E-state index >= 15 is 0 Å². The number of rotatable bonds is 6. The summed E-state index contributed by atoms with van der Waals surface area (Å²) >= 11 is 1.12. The molecule has 8 heteroatoms. The molecule has 1 aliphatic rings. The molecular formula is C13H16N2O5S. The minimum Gasteiger partial charge on any atom is -0.454 e. The number of aryl methyl sites for hydroxylation is 1. The van der Waals surface area contributed by atoms with Gasteiger partial charge in [-0.15, -0.1) is 11.8 Å². The normalized spacial score (nSPS) is 17.8. The quantitative estimate of drug-likeness (QED) is 0.791. The number of nitrogens with zero attached hydrogens (tertiary/aromatic N) is 1. The molecule has 1 amide bonds. The van der Waals surface area contributed by atoms with Crippen LogP contribution in [0, 0.1) is 6.92 Å². The van der Waals surface area contributed by atoms with Gasteiger partial charge in [0.25, 0.3) is 0 Å². The van der Waals surface area contributed by atoms with E-state index in [4.69, 9.17) is 9.26 Å². The number of nitrogens with one attached hydrogen (secondary N) is 1. The van der Waals surface area contributed by atoms with Gasteiger partial charge in [-0.1, -0.05) is 5.16 Å². The van der Waals surface area contributed by atoms with Gasteiger partial charge < -0.3 is 14.6 Å². The standard InChI is InChI=1S/C13H16N2O5S/c1-8-5-11(15-20-8)14-12(17)6-21-7-13(18)19-10-4-2-3-9(10)16/h5,10H,2-4,6-7H2,1H3,(H,14,15,17)/t10-/m0/s1. The molecule has 1 fully saturated rings. The van der Waals surface area contributed by atoms with Crippen molar-refractivity contribution in [2.75, 3.05) is 16.8 Å². The third-order valence-corrected chi connectivity index (χ3v) is 3.78. The van der Waals surface area contributed by atoms with E-state index in [1.807, 2.05) is 0 Å². The molecule has 0 saturated heterocycles. The van der Waals surface area contributed by atoms with E-state index in [-0.39, 0.29) is 23.2 Å². The van der Waals surface area contributed by atoms with Crippen LogP contribution in [-0.2, 0) is 19.1 Å². The molecule has 7 nitrogen and oxygen atoms in total. The Balaban J connectivity index is 1.63. The fourth-order valence-corrected chi connectivity index (χ4v) is 2.53. The van der Waals surface area contributed by atoms with Crippen LogP contribution in [0.1, 0.15) is 25.0 Å². The first kappa shape index (κ1) is 15.6. The molecule has 0 aromatic carbocycles. The molecule has 1 aliphatic carbocycles. The Morgan fingerprint density at radius 1 is 1.52 bits per heavy atom. The van der Waals surface area contributed by atoms with Crippen molar-refractivity contribution in [3.63, 3.8) is 0 Å². The van der Waals surface area contributed by atoms with E-state index in [0.717, 1.165) is 18.2 Å². The zero-order valence-corrected chi connectivity index (χ0v) is 12.4. The second kappa shape index (κ2) is 7.26. The third kappa shape index (κ3) is 4.89. The molecule has 1 saturated carbocycles. The number of amides is 1. The Hall–Kier alpha value is -1.83. The summed E-state index contributed by atoms with van der Waals surface area (Å²) in [6, 6.07) is 1.60. The number of esters is 1. The lowest BCUT2D eigenvalue weighted by atomic mass is 10.3. The Bertz CT molecular complexity index is 542. The van der Waals surface area contributed by atoms with Crippen molar-refractivity contribution in [2.24, 2.45) is 0 Å². The topological polar surface area (TPSA) is 98.5 Å². The summed E-state index contributed by atoms with van der Waals surface area (Å²) in [5.41, 5.74) is 0. The van der Waals surface area contributed by atoms with Gasteiger partial charge in [0.05, 0.1) is 11.5 Å². The number of carbonyl (C=O) groups is 3. The minimum absolute atomic E-state index is 0.0208. The van der Waals surface area contributed by atoms with Crippen molar-refractivity contribution < 1.29 is 23.6 Å². The van der Waals surface area contributed by atoms with Crippen LogP contribution in [0.5, 0.6) is 0 Å². The summed E-state index contributed by atoms with van der Waals surface area (Å²) < 4.78 is 9.87. The maximum atomic E-state index is 11.6. The summed E-state index contributed by atoms with van der Waals surface area (Å²) in [4.78, 5) is 34.4. The van der Waals surface area contributed by atoms with Crippen molar-refractivity contribution in [3.8, 4) is 0 Å². The number of hydrogen-bond acceptors (Lipinski definition) is 7. The van der Waals surface area contributed by atoms with Crippen LogP contribution >= 0.6 is 11.8 Å². The van der Waals surface area contributed by atoms with E-state index in [9.17, 15) is 14.4 Å². The van der Waals surface area contributed by atoms with Crippen LogP contribution in [0.15, 0.2) is 10.6 Å². The van der Waals surface area contributed by atoms with Gasteiger partial charge in [-0.25, -0.2) is 0 Å². The summed E-state index contributed by atoms with van der Waals surface area (Å²) in [7, 11) is 0. The van der Waals surface area contributed by atoms with Gasteiger partial charge in [0.1, 0.15) is 5.76 Å². The first-order valence-electron chi connectivity index (χ1n) is 6.57. The van der Waals surface area contributed by atoms with Gasteiger partial charge in [0, 0.05) is 12.5 Å². The minimum atomic E-state index is -0.593. The monoisotopic (exact) mass is 312 g/mol. The van der Waals surface area contributed by atoms with Crippen LogP contribution < -0.4 is 5.32 Å². The number of Topliss-reactive ketones (excluding diaryl/α,β-unsaturated/α-hetero) is 1. The highest BCUT2D eigenvalue weighted by Gasteiger charge is 2.27. The number of ether oxygens (including phenoxy) is 1. The molecule has 1 atom stereocenters. The van der Waals surface area contributed by atoms with Crippen molar-refractivity contribution in [2.45, 2.75) is 32.3 Å². The maximum Gasteiger partial charge on any atom is 0.316 e. The third-order valence-electron chi connectivity index (χ3n) is 2.87. The highest BCUT2D eigenvalue weighted by Crippen LogP contribution is 2.18. The van der Waals surface area contributed by atoms with Gasteiger partial charge >= 0.3 is 5.97 Å². The molecule has 1 heterocycles. The zero-order valence-electron chi connectivity index (χ0n) is 11.6. The van der Waals surface area contributed by atoms with E-state index in [1.54, 1.807) is 13.0 Å². The summed E-state index contributed by atoms with van der Waals surface area (Å²) in [6.45, 7) is 1.72. The Labute approximate surface area is 125 Å². The Morgan fingerprint density at radius 2 is 2.33 bits per heavy atom. The number of carbonyl (C=O) groups excluding carboxylic acids is 3. The Kier molecular flexibility index (Phi) is 5.38. The lowest BCUT2D eigenvalue weighted by molar-refractivity contribution is -0.150. The van der Waals surface area contributed by atoms with Crippen molar-refractivity contribution in [3.05, 3.63) is 11.8 Å². The molecule has 114 valence electrons. The van der Waals surface area contributed by atoms with E-state index in [2.05, 4.69) is 10.5 Å². The molecule has 1 aromatic rings. The van der Waals surface area contributed by atoms with E-state index in [1.165, 1.54) is 0 Å². The maximum absolute atomic E-state index is 11.6. The lowest BCUT2D eigenvalue weighted by Crippen LogP contribution is -2.23. The first-order chi connectivity index (χ1) is 10.0. The zero-order chi connectivity index (χ0) is 15.2. The molecule has 2 rings (SSSR count). The number of thioether (sulfide) groups is 1. The number of ketones is 1. The predicted octanol–water partition coefficient (Wildman–Crippen LogP) is 1.32.